The molecule has 2 aromatic rings. The Morgan fingerprint density at radius 3 is 3.10 bits per heavy atom. The number of nitrogens with one attached hydrogen (secondary N) is 2. The summed E-state index contributed by atoms with van der Waals surface area (Å²) in [6.45, 7) is 5.89. The molecule has 0 atom stereocenters. The monoisotopic (exact) mass is 301 g/mol. The molecule has 1 aliphatic heterocycles. The van der Waals surface area contributed by atoms with E-state index in [9.17, 15) is 4.79 Å². The Bertz CT molecular complexity index is 678. The summed E-state index contributed by atoms with van der Waals surface area (Å²) < 4.78 is 0. The van der Waals surface area contributed by atoms with Crippen molar-refractivity contribution in [3.8, 4) is 0 Å². The van der Waals surface area contributed by atoms with Crippen LogP contribution in [-0.2, 0) is 19.4 Å². The van der Waals surface area contributed by atoms with Gasteiger partial charge in [-0.05, 0) is 43.5 Å². The molecule has 2 N–H and O–H groups in total. The van der Waals surface area contributed by atoms with Crippen LogP contribution in [0.25, 0.3) is 0 Å². The first-order chi connectivity index (χ1) is 10.2. The smallest absolute Gasteiger partial charge is 0.257 e. The Hall–Kier alpha value is -1.72. The van der Waals surface area contributed by atoms with Crippen molar-refractivity contribution in [2.24, 2.45) is 0 Å². The van der Waals surface area contributed by atoms with Crippen LogP contribution in [0, 0.1) is 6.92 Å². The zero-order valence-electron chi connectivity index (χ0n) is 12.3. The molecule has 110 valence electrons. The summed E-state index contributed by atoms with van der Waals surface area (Å²) in [5, 5.41) is 6.98. The van der Waals surface area contributed by atoms with Crippen molar-refractivity contribution >= 4 is 22.4 Å². The first-order valence-electron chi connectivity index (χ1n) is 7.28. The molecule has 0 spiro atoms. The largest absolute Gasteiger partial charge is 0.312 e. The van der Waals surface area contributed by atoms with Gasteiger partial charge in [0.2, 0.25) is 0 Å². The molecule has 0 saturated heterocycles. The number of hydrogen-bond donors (Lipinski definition) is 2. The summed E-state index contributed by atoms with van der Waals surface area (Å²) in [5.74, 6) is -0.0508. The van der Waals surface area contributed by atoms with E-state index in [0.29, 0.717) is 5.13 Å². The summed E-state index contributed by atoms with van der Waals surface area (Å²) >= 11 is 1.54. The van der Waals surface area contributed by atoms with Crippen molar-refractivity contribution in [3.05, 3.63) is 45.5 Å². The predicted molar refractivity (Wildman–Crippen MR) is 86.0 cm³/mol. The van der Waals surface area contributed by atoms with Crippen molar-refractivity contribution in [2.75, 3.05) is 11.9 Å². The van der Waals surface area contributed by atoms with Gasteiger partial charge in [0.05, 0.1) is 5.69 Å². The number of fused-ring (bicyclic) bond motifs is 1. The van der Waals surface area contributed by atoms with Crippen molar-refractivity contribution in [1.29, 1.82) is 0 Å². The van der Waals surface area contributed by atoms with Crippen LogP contribution in [0.4, 0.5) is 5.13 Å². The second kappa shape index (κ2) is 5.95. The molecular formula is C16H19N3OS. The molecule has 4 nitrogen and oxygen atoms in total. The zero-order chi connectivity index (χ0) is 14.8. The first kappa shape index (κ1) is 14.2. The maximum Gasteiger partial charge on any atom is 0.257 e. The van der Waals surface area contributed by atoms with E-state index in [1.807, 2.05) is 19.1 Å². The standard InChI is InChI=1S/C16H19N3OS/c1-3-14-10(2)21-16(18-14)19-15(20)13-6-4-5-11-9-17-8-7-12(11)13/h4-6,17H,3,7-9H2,1-2H3,(H,18,19,20). The number of carbonyl (C=O) groups excluding carboxylic acids is 1. The molecule has 0 bridgehead atoms. The summed E-state index contributed by atoms with van der Waals surface area (Å²) in [6.07, 6.45) is 1.79. The van der Waals surface area contributed by atoms with E-state index in [-0.39, 0.29) is 5.91 Å². The van der Waals surface area contributed by atoms with Crippen LogP contribution in [0.15, 0.2) is 18.2 Å². The first-order valence-corrected chi connectivity index (χ1v) is 8.09. The molecule has 0 radical (unpaired) electrons. The van der Waals surface area contributed by atoms with Crippen molar-refractivity contribution in [1.82, 2.24) is 10.3 Å². The van der Waals surface area contributed by atoms with E-state index < -0.39 is 0 Å². The minimum atomic E-state index is -0.0508. The number of amides is 1. The van der Waals surface area contributed by atoms with E-state index >= 15 is 0 Å². The van der Waals surface area contributed by atoms with E-state index in [4.69, 9.17) is 0 Å². The number of aromatic nitrogens is 1. The molecule has 5 heteroatoms. The van der Waals surface area contributed by atoms with Crippen LogP contribution in [0.1, 0.15) is 39.0 Å². The average molecular weight is 301 g/mol. The molecule has 1 aliphatic rings. The van der Waals surface area contributed by atoms with Crippen LogP contribution < -0.4 is 10.6 Å². The van der Waals surface area contributed by atoms with Crippen LogP contribution in [-0.4, -0.2) is 17.4 Å². The number of anilines is 1. The van der Waals surface area contributed by atoms with Crippen LogP contribution in [0.3, 0.4) is 0 Å². The number of carbonyl (C=O) groups is 1. The molecule has 0 unspecified atom stereocenters. The van der Waals surface area contributed by atoms with Gasteiger partial charge in [0.1, 0.15) is 0 Å². The van der Waals surface area contributed by atoms with Gasteiger partial charge < -0.3 is 5.32 Å². The highest BCUT2D eigenvalue weighted by molar-refractivity contribution is 7.15. The maximum atomic E-state index is 12.5. The maximum absolute atomic E-state index is 12.5. The lowest BCUT2D eigenvalue weighted by Crippen LogP contribution is -2.26. The Kier molecular flexibility index (Phi) is 4.03. The highest BCUT2D eigenvalue weighted by atomic mass is 32.1. The molecule has 2 heterocycles. The van der Waals surface area contributed by atoms with Crippen LogP contribution in [0.5, 0.6) is 0 Å². The van der Waals surface area contributed by atoms with Gasteiger partial charge in [-0.15, -0.1) is 11.3 Å². The Balaban J connectivity index is 1.85. The lowest BCUT2D eigenvalue weighted by atomic mass is 9.95. The van der Waals surface area contributed by atoms with E-state index in [2.05, 4.69) is 28.6 Å². The van der Waals surface area contributed by atoms with Gasteiger partial charge in [0.15, 0.2) is 5.13 Å². The van der Waals surface area contributed by atoms with Gasteiger partial charge in [-0.2, -0.15) is 0 Å². The molecule has 21 heavy (non-hydrogen) atoms. The van der Waals surface area contributed by atoms with E-state index in [1.165, 1.54) is 10.4 Å². The minimum absolute atomic E-state index is 0.0508. The summed E-state index contributed by atoms with van der Waals surface area (Å²) in [4.78, 5) is 18.2. The highest BCUT2D eigenvalue weighted by Gasteiger charge is 2.18. The third kappa shape index (κ3) is 2.84. The molecule has 3 rings (SSSR count). The molecule has 0 fully saturated rings. The zero-order valence-corrected chi connectivity index (χ0v) is 13.1. The number of nitrogens with zero attached hydrogens (tertiary/aromatic N) is 1. The van der Waals surface area contributed by atoms with Crippen molar-refractivity contribution < 1.29 is 4.79 Å². The SMILES string of the molecule is CCc1nc(NC(=O)c2cccc3c2CCNC3)sc1C. The Labute approximate surface area is 128 Å². The quantitative estimate of drug-likeness (QED) is 0.916. The fourth-order valence-electron chi connectivity index (χ4n) is 2.72. The second-order valence-electron chi connectivity index (χ2n) is 5.20. The molecule has 1 aromatic carbocycles. The second-order valence-corrected chi connectivity index (χ2v) is 6.40. The topological polar surface area (TPSA) is 54.0 Å². The molecule has 0 aliphatic carbocycles. The molecule has 0 saturated carbocycles. The van der Waals surface area contributed by atoms with Gasteiger partial charge in [0.25, 0.3) is 5.91 Å². The number of thiazole rings is 1. The summed E-state index contributed by atoms with van der Waals surface area (Å²) in [6, 6.07) is 5.94. The summed E-state index contributed by atoms with van der Waals surface area (Å²) in [5.41, 5.74) is 4.23. The average Bonchev–Trinajstić information content (AvgIpc) is 2.86. The predicted octanol–water partition coefficient (Wildman–Crippen LogP) is 2.91. The Morgan fingerprint density at radius 2 is 2.33 bits per heavy atom. The van der Waals surface area contributed by atoms with Gasteiger partial charge >= 0.3 is 0 Å². The molecule has 1 amide bonds. The number of benzene rings is 1. The van der Waals surface area contributed by atoms with E-state index in [0.717, 1.165) is 42.8 Å². The molecular weight excluding hydrogens is 282 g/mol. The van der Waals surface area contributed by atoms with Crippen LogP contribution in [0.2, 0.25) is 0 Å². The van der Waals surface area contributed by atoms with E-state index in [1.54, 1.807) is 11.3 Å². The third-order valence-corrected chi connectivity index (χ3v) is 4.76. The van der Waals surface area contributed by atoms with Gasteiger partial charge in [0, 0.05) is 17.0 Å². The fourth-order valence-corrected chi connectivity index (χ4v) is 3.62. The van der Waals surface area contributed by atoms with Gasteiger partial charge in [-0.25, -0.2) is 4.98 Å². The highest BCUT2D eigenvalue weighted by Crippen LogP contribution is 2.24. The lowest BCUT2D eigenvalue weighted by molar-refractivity contribution is 0.102. The lowest BCUT2D eigenvalue weighted by Gasteiger charge is -2.19. The van der Waals surface area contributed by atoms with Gasteiger partial charge in [-0.3, -0.25) is 10.1 Å². The minimum Gasteiger partial charge on any atom is -0.312 e. The summed E-state index contributed by atoms with van der Waals surface area (Å²) in [7, 11) is 0. The molecule has 1 aromatic heterocycles. The van der Waals surface area contributed by atoms with Crippen LogP contribution >= 0.6 is 11.3 Å². The Morgan fingerprint density at radius 1 is 1.48 bits per heavy atom. The number of hydrogen-bond acceptors (Lipinski definition) is 4. The van der Waals surface area contributed by atoms with Crippen molar-refractivity contribution in [3.63, 3.8) is 0 Å². The number of rotatable bonds is 3. The van der Waals surface area contributed by atoms with Gasteiger partial charge in [-0.1, -0.05) is 19.1 Å². The third-order valence-electron chi connectivity index (χ3n) is 3.83. The van der Waals surface area contributed by atoms with Crippen molar-refractivity contribution in [2.45, 2.75) is 33.2 Å². The number of aryl methyl sites for hydroxylation is 2. The normalized spacial score (nSPS) is 13.8. The fraction of sp³-hybridized carbons (Fsp3) is 0.375.